The molecule has 5 aromatic rings. The maximum Gasteiger partial charge on any atom is 0.354 e. The van der Waals surface area contributed by atoms with E-state index < -0.39 is 11.2 Å². The monoisotopic (exact) mass is 578 g/mol. The van der Waals surface area contributed by atoms with Gasteiger partial charge in [-0.2, -0.15) is 0 Å². The maximum atomic E-state index is 13.9. The van der Waals surface area contributed by atoms with Gasteiger partial charge in [-0.05, 0) is 54.1 Å². The minimum Gasteiger partial charge on any atom is -0.505 e. The summed E-state index contributed by atoms with van der Waals surface area (Å²) in [5.41, 5.74) is 1.25. The molecule has 0 saturated heterocycles. The zero-order valence-corrected chi connectivity index (χ0v) is 22.7. The Bertz CT molecular complexity index is 1760. The summed E-state index contributed by atoms with van der Waals surface area (Å²) in [6.07, 6.45) is 0. The van der Waals surface area contributed by atoms with Crippen LogP contribution in [0.25, 0.3) is 21.9 Å². The fourth-order valence-electron chi connectivity index (χ4n) is 4.16. The van der Waals surface area contributed by atoms with Crippen LogP contribution in [0.4, 0.5) is 5.69 Å². The number of halogens is 1. The molecule has 7 nitrogen and oxygen atoms in total. The first kappa shape index (κ1) is 25.0. The van der Waals surface area contributed by atoms with Crippen molar-refractivity contribution in [3.05, 3.63) is 97.5 Å². The van der Waals surface area contributed by atoms with Crippen LogP contribution < -0.4 is 20.8 Å². The summed E-state index contributed by atoms with van der Waals surface area (Å²) >= 11 is 4.46. The number of rotatable bonds is 6. The van der Waals surface area contributed by atoms with E-state index in [2.05, 4.69) is 15.9 Å². The third-order valence-corrected chi connectivity index (χ3v) is 7.61. The van der Waals surface area contributed by atoms with Gasteiger partial charge >= 0.3 is 5.63 Å². The second-order valence-electron chi connectivity index (χ2n) is 8.67. The number of hydrogen-bond donors (Lipinski definition) is 1. The van der Waals surface area contributed by atoms with Crippen LogP contribution in [0.15, 0.2) is 95.0 Å². The zero-order chi connectivity index (χ0) is 26.3. The van der Waals surface area contributed by atoms with Crippen molar-refractivity contribution in [1.82, 2.24) is 4.57 Å². The van der Waals surface area contributed by atoms with Crippen molar-refractivity contribution in [2.24, 2.45) is 0 Å². The normalized spacial score (nSPS) is 11.2. The van der Waals surface area contributed by atoms with Crippen molar-refractivity contribution in [2.45, 2.75) is 16.3 Å². The molecule has 2 aromatic heterocycles. The summed E-state index contributed by atoms with van der Waals surface area (Å²) in [7, 11) is 5.41. The summed E-state index contributed by atoms with van der Waals surface area (Å²) in [5.74, 6) is 0.325. The Morgan fingerprint density at radius 3 is 2.49 bits per heavy atom. The fraction of sp³-hybridized carbons (Fsp3) is 0.143. The van der Waals surface area contributed by atoms with Crippen molar-refractivity contribution in [3.63, 3.8) is 0 Å². The molecule has 0 atom stereocenters. The van der Waals surface area contributed by atoms with E-state index in [1.807, 2.05) is 79.7 Å². The molecule has 0 spiro atoms. The molecule has 0 fully saturated rings. The predicted molar refractivity (Wildman–Crippen MR) is 151 cm³/mol. The highest BCUT2D eigenvalue weighted by Gasteiger charge is 2.23. The smallest absolute Gasteiger partial charge is 0.354 e. The first-order chi connectivity index (χ1) is 17.8. The molecule has 2 heterocycles. The lowest BCUT2D eigenvalue weighted by atomic mass is 10.1. The van der Waals surface area contributed by atoms with Crippen molar-refractivity contribution in [3.8, 4) is 11.5 Å². The van der Waals surface area contributed by atoms with Crippen LogP contribution in [-0.2, 0) is 6.54 Å². The van der Waals surface area contributed by atoms with Crippen molar-refractivity contribution in [2.75, 3.05) is 26.1 Å². The lowest BCUT2D eigenvalue weighted by Crippen LogP contribution is -2.23. The molecule has 1 N–H and O–H groups in total. The first-order valence-electron chi connectivity index (χ1n) is 11.4. The molecule has 0 saturated carbocycles. The Morgan fingerprint density at radius 2 is 1.81 bits per heavy atom. The van der Waals surface area contributed by atoms with Gasteiger partial charge in [-0.1, -0.05) is 45.9 Å². The Morgan fingerprint density at radius 1 is 1.05 bits per heavy atom. The molecule has 0 radical (unpaired) electrons. The van der Waals surface area contributed by atoms with Crippen LogP contribution in [0.3, 0.4) is 0 Å². The van der Waals surface area contributed by atoms with Crippen LogP contribution in [0, 0.1) is 0 Å². The van der Waals surface area contributed by atoms with Crippen LogP contribution >= 0.6 is 27.7 Å². The summed E-state index contributed by atoms with van der Waals surface area (Å²) in [5, 5.41) is 11.8. The predicted octanol–water partition coefficient (Wildman–Crippen LogP) is 5.85. The van der Waals surface area contributed by atoms with Crippen molar-refractivity contribution < 1.29 is 14.3 Å². The summed E-state index contributed by atoms with van der Waals surface area (Å²) in [6, 6.07) is 20.3. The van der Waals surface area contributed by atoms with Crippen LogP contribution in [0.1, 0.15) is 5.56 Å². The first-order valence-corrected chi connectivity index (χ1v) is 13.0. The highest BCUT2D eigenvalue weighted by atomic mass is 79.9. The number of hydrogen-bond acceptors (Lipinski definition) is 7. The Balaban J connectivity index is 1.78. The molecular weight excluding hydrogens is 556 g/mol. The number of pyridine rings is 1. The van der Waals surface area contributed by atoms with Crippen LogP contribution in [-0.4, -0.2) is 30.9 Å². The quantitative estimate of drug-likeness (QED) is 0.253. The standard InChI is InChI=1S/C28H23BrN2O5S/c1-30(2)18-9-12-21-22(14-18)31(15-16-7-10-19(35-3)11-8-16)27(33)23-24(32)26(28(34)36-25(21)23)37-20-6-4-5-17(29)13-20/h4-14,32H,15H2,1-3H3. The number of aromatic hydroxyl groups is 1. The van der Waals surface area contributed by atoms with E-state index in [1.165, 1.54) is 0 Å². The van der Waals surface area contributed by atoms with Gasteiger partial charge in [0.25, 0.3) is 5.56 Å². The summed E-state index contributed by atoms with van der Waals surface area (Å²) in [6.45, 7) is 0.249. The average molecular weight is 579 g/mol. The van der Waals surface area contributed by atoms with E-state index in [4.69, 9.17) is 9.15 Å². The fourth-order valence-corrected chi connectivity index (χ4v) is 5.61. The molecule has 0 aliphatic heterocycles. The van der Waals surface area contributed by atoms with E-state index in [-0.39, 0.29) is 28.2 Å². The largest absolute Gasteiger partial charge is 0.505 e. The highest BCUT2D eigenvalue weighted by Crippen LogP contribution is 2.38. The Labute approximate surface area is 225 Å². The van der Waals surface area contributed by atoms with Crippen LogP contribution in [0.5, 0.6) is 11.5 Å². The summed E-state index contributed by atoms with van der Waals surface area (Å²) < 4.78 is 13.4. The second-order valence-corrected chi connectivity index (χ2v) is 10.7. The molecule has 0 aliphatic carbocycles. The average Bonchev–Trinajstić information content (AvgIpc) is 2.88. The van der Waals surface area contributed by atoms with E-state index >= 15 is 0 Å². The molecule has 188 valence electrons. The van der Waals surface area contributed by atoms with Gasteiger partial charge in [-0.15, -0.1) is 0 Å². The molecule has 0 unspecified atom stereocenters. The van der Waals surface area contributed by atoms with Crippen molar-refractivity contribution >= 4 is 55.3 Å². The summed E-state index contributed by atoms with van der Waals surface area (Å²) in [4.78, 5) is 29.6. The van der Waals surface area contributed by atoms with Crippen LogP contribution in [0.2, 0.25) is 0 Å². The van der Waals surface area contributed by atoms with Gasteiger partial charge in [-0.25, -0.2) is 4.79 Å². The topological polar surface area (TPSA) is 84.9 Å². The molecule has 5 rings (SSSR count). The molecule has 0 bridgehead atoms. The number of nitrogens with zero attached hydrogens (tertiary/aromatic N) is 2. The second kappa shape index (κ2) is 9.99. The van der Waals surface area contributed by atoms with Gasteiger partial charge in [0.1, 0.15) is 16.0 Å². The lowest BCUT2D eigenvalue weighted by Gasteiger charge is -2.18. The third-order valence-electron chi connectivity index (χ3n) is 6.07. The minimum atomic E-state index is -0.708. The van der Waals surface area contributed by atoms with Gasteiger partial charge in [0, 0.05) is 34.5 Å². The SMILES string of the molecule is COc1ccc(Cn2c(=O)c3c(O)c(Sc4cccc(Br)c4)c(=O)oc3c3ccc(N(C)C)cc32)cc1. The van der Waals surface area contributed by atoms with E-state index in [0.29, 0.717) is 21.5 Å². The number of methoxy groups -OCH3 is 1. The minimum absolute atomic E-state index is 0.0317. The zero-order valence-electron chi connectivity index (χ0n) is 20.3. The molecule has 37 heavy (non-hydrogen) atoms. The molecule has 0 aliphatic rings. The third kappa shape index (κ3) is 4.72. The van der Waals surface area contributed by atoms with Gasteiger partial charge < -0.3 is 23.7 Å². The van der Waals surface area contributed by atoms with Gasteiger partial charge in [0.15, 0.2) is 11.3 Å². The Kier molecular flexibility index (Phi) is 6.74. The molecule has 3 aromatic carbocycles. The van der Waals surface area contributed by atoms with E-state index in [1.54, 1.807) is 17.7 Å². The number of anilines is 1. The van der Waals surface area contributed by atoms with Gasteiger partial charge in [0.05, 0.1) is 19.2 Å². The maximum absolute atomic E-state index is 13.9. The molecule has 9 heteroatoms. The van der Waals surface area contributed by atoms with E-state index in [0.717, 1.165) is 27.5 Å². The Hall–Kier alpha value is -3.69. The molecular formula is C28H23BrN2O5S. The van der Waals surface area contributed by atoms with Gasteiger partial charge in [-0.3, -0.25) is 4.79 Å². The van der Waals surface area contributed by atoms with Crippen molar-refractivity contribution in [1.29, 1.82) is 0 Å². The number of fused-ring (bicyclic) bond motifs is 3. The number of ether oxygens (including phenoxy) is 1. The van der Waals surface area contributed by atoms with Gasteiger partial charge in [0.2, 0.25) is 0 Å². The number of aromatic nitrogens is 1. The number of benzene rings is 3. The lowest BCUT2D eigenvalue weighted by molar-refractivity contribution is 0.414. The highest BCUT2D eigenvalue weighted by molar-refractivity contribution is 9.10. The molecule has 0 amide bonds. The van der Waals surface area contributed by atoms with E-state index in [9.17, 15) is 14.7 Å².